The monoisotopic (exact) mass is 384 g/mol. The van der Waals surface area contributed by atoms with Crippen LogP contribution in [0.4, 0.5) is 5.82 Å². The number of nitrogens with two attached hydrogens (primary N) is 1. The van der Waals surface area contributed by atoms with Crippen molar-refractivity contribution in [3.8, 4) is 11.3 Å². The molecule has 3 heterocycles. The number of anilines is 1. The number of aromatic nitrogens is 3. The Kier molecular flexibility index (Phi) is 6.55. The summed E-state index contributed by atoms with van der Waals surface area (Å²) in [5.74, 6) is 0.414. The van der Waals surface area contributed by atoms with Crippen molar-refractivity contribution in [3.63, 3.8) is 0 Å². The first-order valence-corrected chi connectivity index (χ1v) is 9.19. The number of fused-ring (bicyclic) bond motifs is 1. The maximum absolute atomic E-state index is 5.94. The predicted octanol–water partition coefficient (Wildman–Crippen LogP) is 2.88. The van der Waals surface area contributed by atoms with Crippen LogP contribution >= 0.6 is 12.4 Å². The Labute approximate surface area is 165 Å². The zero-order valence-electron chi connectivity index (χ0n) is 15.3. The van der Waals surface area contributed by atoms with Gasteiger partial charge in [0.25, 0.3) is 0 Å². The molecule has 3 N–H and O–H groups in total. The van der Waals surface area contributed by atoms with Crippen LogP contribution < -0.4 is 11.1 Å². The number of halogens is 1. The lowest BCUT2D eigenvalue weighted by atomic mass is 10.1. The Hall–Kier alpha value is -2.28. The number of likely N-dealkylation sites (tertiary alicyclic amines) is 1. The number of benzene rings is 1. The van der Waals surface area contributed by atoms with E-state index in [0.29, 0.717) is 11.3 Å². The first-order chi connectivity index (χ1) is 12.8. The molecule has 0 atom stereocenters. The summed E-state index contributed by atoms with van der Waals surface area (Å²) in [5.41, 5.74) is 10.6. The SMILES string of the molecule is Cl.Nc1ncnc2ccc(-c3cccc(CNCCN4CCCC4)c3)nc12. The van der Waals surface area contributed by atoms with E-state index in [1.165, 1.54) is 37.8 Å². The van der Waals surface area contributed by atoms with E-state index >= 15 is 0 Å². The second kappa shape index (κ2) is 9.08. The lowest BCUT2D eigenvalue weighted by Crippen LogP contribution is -2.29. The van der Waals surface area contributed by atoms with E-state index in [2.05, 4.69) is 49.4 Å². The van der Waals surface area contributed by atoms with Crippen molar-refractivity contribution >= 4 is 29.3 Å². The van der Waals surface area contributed by atoms with Crippen molar-refractivity contribution < 1.29 is 0 Å². The van der Waals surface area contributed by atoms with Crippen LogP contribution in [-0.2, 0) is 6.54 Å². The van der Waals surface area contributed by atoms with Gasteiger partial charge in [-0.05, 0) is 49.7 Å². The molecular weight excluding hydrogens is 360 g/mol. The molecule has 0 saturated carbocycles. The molecule has 1 fully saturated rings. The molecule has 0 bridgehead atoms. The Morgan fingerprint density at radius 2 is 1.93 bits per heavy atom. The van der Waals surface area contributed by atoms with Gasteiger partial charge in [-0.15, -0.1) is 12.4 Å². The fourth-order valence-corrected chi connectivity index (χ4v) is 3.44. The standard InChI is InChI=1S/C20H24N6.ClH/c21-20-19-18(23-14-24-20)7-6-17(25-19)16-5-3-4-15(12-16)13-22-8-11-26-9-1-2-10-26;/h3-7,12,14,22H,1-2,8-11,13H2,(H2,21,23,24);1H. The molecule has 4 rings (SSSR count). The van der Waals surface area contributed by atoms with Crippen LogP contribution in [0.15, 0.2) is 42.7 Å². The normalized spacial score (nSPS) is 14.4. The molecule has 0 amide bonds. The van der Waals surface area contributed by atoms with Crippen molar-refractivity contribution in [1.82, 2.24) is 25.2 Å². The molecule has 0 radical (unpaired) electrons. The lowest BCUT2D eigenvalue weighted by Gasteiger charge is -2.15. The fraction of sp³-hybridized carbons (Fsp3) is 0.350. The average molecular weight is 385 g/mol. The highest BCUT2D eigenvalue weighted by molar-refractivity contribution is 5.86. The van der Waals surface area contributed by atoms with E-state index in [0.717, 1.165) is 36.4 Å². The van der Waals surface area contributed by atoms with E-state index in [-0.39, 0.29) is 12.4 Å². The maximum atomic E-state index is 5.94. The molecule has 1 aromatic carbocycles. The van der Waals surface area contributed by atoms with Gasteiger partial charge in [0.1, 0.15) is 11.8 Å². The molecule has 6 nitrogen and oxygen atoms in total. The first-order valence-electron chi connectivity index (χ1n) is 9.19. The number of nitrogens with one attached hydrogen (secondary N) is 1. The molecule has 0 spiro atoms. The summed E-state index contributed by atoms with van der Waals surface area (Å²) in [4.78, 5) is 15.4. The predicted molar refractivity (Wildman–Crippen MR) is 112 cm³/mol. The van der Waals surface area contributed by atoms with Gasteiger partial charge in [-0.2, -0.15) is 0 Å². The summed E-state index contributed by atoms with van der Waals surface area (Å²) >= 11 is 0. The van der Waals surface area contributed by atoms with Crippen LogP contribution in [0.25, 0.3) is 22.3 Å². The van der Waals surface area contributed by atoms with Gasteiger partial charge in [0.2, 0.25) is 0 Å². The number of nitrogens with zero attached hydrogens (tertiary/aromatic N) is 4. The van der Waals surface area contributed by atoms with Crippen molar-refractivity contribution in [2.45, 2.75) is 19.4 Å². The summed E-state index contributed by atoms with van der Waals surface area (Å²) in [5, 5.41) is 3.54. The molecule has 0 aliphatic carbocycles. The molecule has 1 saturated heterocycles. The molecule has 1 aliphatic rings. The van der Waals surface area contributed by atoms with Crippen LogP contribution in [-0.4, -0.2) is 46.0 Å². The van der Waals surface area contributed by atoms with E-state index in [9.17, 15) is 0 Å². The molecular formula is C20H25ClN6. The highest BCUT2D eigenvalue weighted by atomic mass is 35.5. The van der Waals surface area contributed by atoms with E-state index in [1.54, 1.807) is 0 Å². The molecule has 2 aromatic heterocycles. The second-order valence-corrected chi connectivity index (χ2v) is 6.75. The van der Waals surface area contributed by atoms with Gasteiger partial charge in [-0.3, -0.25) is 0 Å². The third-order valence-electron chi connectivity index (χ3n) is 4.87. The Morgan fingerprint density at radius 1 is 1.07 bits per heavy atom. The Bertz CT molecular complexity index is 895. The summed E-state index contributed by atoms with van der Waals surface area (Å²) in [6, 6.07) is 12.4. The number of nitrogen functional groups attached to an aromatic ring is 1. The minimum Gasteiger partial charge on any atom is -0.382 e. The largest absolute Gasteiger partial charge is 0.382 e. The van der Waals surface area contributed by atoms with E-state index < -0.39 is 0 Å². The zero-order valence-corrected chi connectivity index (χ0v) is 16.1. The fourth-order valence-electron chi connectivity index (χ4n) is 3.44. The van der Waals surface area contributed by atoms with Crippen molar-refractivity contribution in [3.05, 3.63) is 48.3 Å². The first kappa shape index (κ1) is 19.5. The zero-order chi connectivity index (χ0) is 17.8. The lowest BCUT2D eigenvalue weighted by molar-refractivity contribution is 0.335. The van der Waals surface area contributed by atoms with E-state index in [4.69, 9.17) is 5.73 Å². The summed E-state index contributed by atoms with van der Waals surface area (Å²) in [7, 11) is 0. The van der Waals surface area contributed by atoms with Crippen LogP contribution in [0.5, 0.6) is 0 Å². The van der Waals surface area contributed by atoms with Gasteiger partial charge in [-0.1, -0.05) is 18.2 Å². The quantitative estimate of drug-likeness (QED) is 0.636. The third-order valence-corrected chi connectivity index (χ3v) is 4.87. The summed E-state index contributed by atoms with van der Waals surface area (Å²) < 4.78 is 0. The maximum Gasteiger partial charge on any atom is 0.153 e. The molecule has 7 heteroatoms. The average Bonchev–Trinajstić information content (AvgIpc) is 3.19. The number of hydrogen-bond acceptors (Lipinski definition) is 6. The second-order valence-electron chi connectivity index (χ2n) is 6.75. The van der Waals surface area contributed by atoms with Gasteiger partial charge < -0.3 is 16.0 Å². The minimum atomic E-state index is 0. The minimum absolute atomic E-state index is 0. The van der Waals surface area contributed by atoms with Crippen LogP contribution in [0.3, 0.4) is 0 Å². The van der Waals surface area contributed by atoms with Gasteiger partial charge >= 0.3 is 0 Å². The Morgan fingerprint density at radius 3 is 2.78 bits per heavy atom. The number of rotatable bonds is 6. The summed E-state index contributed by atoms with van der Waals surface area (Å²) in [6.45, 7) is 5.51. The number of pyridine rings is 1. The summed E-state index contributed by atoms with van der Waals surface area (Å²) in [6.07, 6.45) is 4.15. The highest BCUT2D eigenvalue weighted by Crippen LogP contribution is 2.22. The third kappa shape index (κ3) is 4.71. The van der Waals surface area contributed by atoms with Gasteiger partial charge in [0.05, 0.1) is 11.2 Å². The van der Waals surface area contributed by atoms with Gasteiger partial charge in [0, 0.05) is 25.2 Å². The van der Waals surface area contributed by atoms with Crippen LogP contribution in [0.2, 0.25) is 0 Å². The number of hydrogen-bond donors (Lipinski definition) is 2. The molecule has 1 aliphatic heterocycles. The van der Waals surface area contributed by atoms with Crippen molar-refractivity contribution in [2.24, 2.45) is 0 Å². The molecule has 27 heavy (non-hydrogen) atoms. The van der Waals surface area contributed by atoms with Crippen molar-refractivity contribution in [1.29, 1.82) is 0 Å². The van der Waals surface area contributed by atoms with Gasteiger partial charge in [0.15, 0.2) is 5.82 Å². The smallest absolute Gasteiger partial charge is 0.153 e. The van der Waals surface area contributed by atoms with Crippen LogP contribution in [0, 0.1) is 0 Å². The Balaban J connectivity index is 0.00000210. The molecule has 3 aromatic rings. The molecule has 0 unspecified atom stereocenters. The van der Waals surface area contributed by atoms with Crippen LogP contribution in [0.1, 0.15) is 18.4 Å². The van der Waals surface area contributed by atoms with Gasteiger partial charge in [-0.25, -0.2) is 15.0 Å². The van der Waals surface area contributed by atoms with E-state index in [1.807, 2.05) is 12.1 Å². The molecule has 142 valence electrons. The van der Waals surface area contributed by atoms with Crippen molar-refractivity contribution in [2.75, 3.05) is 31.9 Å². The highest BCUT2D eigenvalue weighted by Gasteiger charge is 2.10. The topological polar surface area (TPSA) is 80.0 Å².